The summed E-state index contributed by atoms with van der Waals surface area (Å²) >= 11 is 14.3. The van der Waals surface area contributed by atoms with E-state index in [1.165, 1.54) is 4.40 Å². The van der Waals surface area contributed by atoms with E-state index in [1.807, 2.05) is 60.7 Å². The molecule has 3 aromatic heterocycles. The standard InChI is InChI=1S/C39H39Cl2N7O4/c1-22-32(21-43-20-26-11-14-35(50)45-26)46-33-17-23(15-16-48(33)39(22)51)27-5-3-6-28(36(27)40)29-7-4-8-30(37(29)41)31-12-9-24(38(47-31)52-2)18-42-19-25-10-13-34(49)44-25/h3-9,12,15-17,25-26,42-43H,10-11,13-14,18-21H2,1-2H3,(H,44,49)(H,45,50)/t25-,26+/m1/s1. The second kappa shape index (κ2) is 15.4. The molecule has 0 saturated carbocycles. The normalized spacial score (nSPS) is 17.1. The van der Waals surface area contributed by atoms with Crippen LogP contribution in [0.25, 0.3) is 39.2 Å². The van der Waals surface area contributed by atoms with Gasteiger partial charge in [0.25, 0.3) is 5.56 Å². The van der Waals surface area contributed by atoms with Crippen LogP contribution in [0.5, 0.6) is 5.88 Å². The highest BCUT2D eigenvalue weighted by molar-refractivity contribution is 6.39. The third-order valence-electron chi connectivity index (χ3n) is 9.72. The number of nitrogens with one attached hydrogen (secondary N) is 4. The number of halogens is 2. The lowest BCUT2D eigenvalue weighted by Crippen LogP contribution is -2.36. The Morgan fingerprint density at radius 3 is 2.06 bits per heavy atom. The first-order chi connectivity index (χ1) is 25.2. The molecule has 2 saturated heterocycles. The SMILES string of the molecule is COc1nc(-c2cccc(-c3cccc(-c4ccn5c(=O)c(C)c(CNC[C@@H]6CCC(=O)N6)nc5c4)c3Cl)c2Cl)ccc1CNC[C@H]1CCC(=O)N1. The van der Waals surface area contributed by atoms with Gasteiger partial charge in [-0.15, -0.1) is 0 Å². The third kappa shape index (κ3) is 7.40. The maximum atomic E-state index is 13.3. The second-order valence-electron chi connectivity index (χ2n) is 13.2. The molecule has 13 heteroatoms. The number of fused-ring (bicyclic) bond motifs is 1. The Kier molecular flexibility index (Phi) is 10.6. The molecule has 2 atom stereocenters. The fourth-order valence-corrected chi connectivity index (χ4v) is 7.51. The number of pyridine rings is 2. The molecule has 7 rings (SSSR count). The van der Waals surface area contributed by atoms with Crippen molar-refractivity contribution in [1.29, 1.82) is 0 Å². The molecule has 52 heavy (non-hydrogen) atoms. The largest absolute Gasteiger partial charge is 0.481 e. The van der Waals surface area contributed by atoms with E-state index < -0.39 is 0 Å². The van der Waals surface area contributed by atoms with Crippen LogP contribution in [0, 0.1) is 6.92 Å². The van der Waals surface area contributed by atoms with Crippen molar-refractivity contribution in [2.45, 2.75) is 57.8 Å². The summed E-state index contributed by atoms with van der Waals surface area (Å²) < 4.78 is 7.19. The quantitative estimate of drug-likeness (QED) is 0.133. The first kappa shape index (κ1) is 35.6. The fraction of sp³-hybridized carbons (Fsp3) is 0.308. The molecule has 2 aliphatic rings. The van der Waals surface area contributed by atoms with Gasteiger partial charge >= 0.3 is 0 Å². The van der Waals surface area contributed by atoms with Crippen LogP contribution in [-0.4, -0.2) is 58.5 Å². The van der Waals surface area contributed by atoms with Crippen molar-refractivity contribution in [3.8, 4) is 39.4 Å². The van der Waals surface area contributed by atoms with Crippen molar-refractivity contribution in [3.63, 3.8) is 0 Å². The van der Waals surface area contributed by atoms with Crippen LogP contribution in [0.2, 0.25) is 10.0 Å². The zero-order chi connectivity index (χ0) is 36.4. The van der Waals surface area contributed by atoms with Gasteiger partial charge in [-0.1, -0.05) is 65.7 Å². The molecular weight excluding hydrogens is 701 g/mol. The summed E-state index contributed by atoms with van der Waals surface area (Å²) in [5.74, 6) is 0.646. The van der Waals surface area contributed by atoms with Gasteiger partial charge in [0.15, 0.2) is 0 Å². The predicted molar refractivity (Wildman–Crippen MR) is 203 cm³/mol. The third-order valence-corrected chi connectivity index (χ3v) is 10.5. The summed E-state index contributed by atoms with van der Waals surface area (Å²) in [5, 5.41) is 13.7. The Balaban J connectivity index is 1.13. The molecule has 2 fully saturated rings. The maximum Gasteiger partial charge on any atom is 0.261 e. The van der Waals surface area contributed by atoms with Crippen molar-refractivity contribution >= 4 is 40.7 Å². The number of aromatic nitrogens is 3. The molecule has 0 bridgehead atoms. The first-order valence-corrected chi connectivity index (χ1v) is 18.1. The Bertz CT molecular complexity index is 2240. The van der Waals surface area contributed by atoms with Gasteiger partial charge < -0.3 is 26.0 Å². The van der Waals surface area contributed by atoms with E-state index in [4.69, 9.17) is 37.9 Å². The Morgan fingerprint density at radius 2 is 1.42 bits per heavy atom. The minimum absolute atomic E-state index is 0.0661. The number of amides is 2. The Hall–Kier alpha value is -4.81. The van der Waals surface area contributed by atoms with E-state index >= 15 is 0 Å². The van der Waals surface area contributed by atoms with E-state index in [2.05, 4.69) is 21.3 Å². The molecule has 0 aliphatic carbocycles. The average Bonchev–Trinajstić information content (AvgIpc) is 3.77. The number of benzene rings is 2. The van der Waals surface area contributed by atoms with Gasteiger partial charge in [0, 0.05) is 90.7 Å². The van der Waals surface area contributed by atoms with Crippen molar-refractivity contribution in [3.05, 3.63) is 104 Å². The van der Waals surface area contributed by atoms with Gasteiger partial charge in [-0.05, 0) is 43.5 Å². The van der Waals surface area contributed by atoms with Crippen molar-refractivity contribution in [2.24, 2.45) is 0 Å². The van der Waals surface area contributed by atoms with Gasteiger partial charge in [0.05, 0.1) is 28.5 Å². The average molecular weight is 741 g/mol. The van der Waals surface area contributed by atoms with E-state index in [9.17, 15) is 14.4 Å². The van der Waals surface area contributed by atoms with E-state index in [0.29, 0.717) is 77.5 Å². The Morgan fingerprint density at radius 1 is 0.808 bits per heavy atom. The molecule has 2 amide bonds. The number of methoxy groups -OCH3 is 1. The second-order valence-corrected chi connectivity index (χ2v) is 14.0. The van der Waals surface area contributed by atoms with Gasteiger partial charge in [0.2, 0.25) is 17.7 Å². The van der Waals surface area contributed by atoms with E-state index in [-0.39, 0.29) is 29.5 Å². The zero-order valence-corrected chi connectivity index (χ0v) is 30.4. The molecule has 4 N–H and O–H groups in total. The monoisotopic (exact) mass is 739 g/mol. The number of hydrogen-bond donors (Lipinski definition) is 4. The van der Waals surface area contributed by atoms with Crippen molar-refractivity contribution in [2.75, 3.05) is 20.2 Å². The highest BCUT2D eigenvalue weighted by Gasteiger charge is 2.22. The minimum Gasteiger partial charge on any atom is -0.481 e. The van der Waals surface area contributed by atoms with Gasteiger partial charge in [-0.3, -0.25) is 18.8 Å². The first-order valence-electron chi connectivity index (χ1n) is 17.3. The lowest BCUT2D eigenvalue weighted by atomic mass is 9.97. The van der Waals surface area contributed by atoms with Crippen LogP contribution in [-0.2, 0) is 22.7 Å². The topological polar surface area (TPSA) is 139 Å². The van der Waals surface area contributed by atoms with E-state index in [1.54, 1.807) is 20.2 Å². The van der Waals surface area contributed by atoms with Crippen LogP contribution in [0.4, 0.5) is 0 Å². The number of ether oxygens (including phenoxy) is 1. The summed E-state index contributed by atoms with van der Waals surface area (Å²) in [6.07, 6.45) is 4.44. The molecule has 5 heterocycles. The summed E-state index contributed by atoms with van der Waals surface area (Å²) in [5.41, 5.74) is 6.92. The highest BCUT2D eigenvalue weighted by atomic mass is 35.5. The summed E-state index contributed by atoms with van der Waals surface area (Å²) in [4.78, 5) is 46.0. The smallest absolute Gasteiger partial charge is 0.261 e. The van der Waals surface area contributed by atoms with Crippen LogP contribution in [0.1, 0.15) is 42.5 Å². The number of hydrogen-bond acceptors (Lipinski definition) is 8. The predicted octanol–water partition coefficient (Wildman–Crippen LogP) is 5.45. The zero-order valence-electron chi connectivity index (χ0n) is 28.9. The molecule has 0 radical (unpaired) electrons. The lowest BCUT2D eigenvalue weighted by molar-refractivity contribution is -0.120. The molecule has 2 aromatic carbocycles. The summed E-state index contributed by atoms with van der Waals surface area (Å²) in [7, 11) is 1.59. The van der Waals surface area contributed by atoms with Crippen LogP contribution >= 0.6 is 23.2 Å². The fourth-order valence-electron chi connectivity index (χ4n) is 6.85. The molecule has 268 valence electrons. The maximum absolute atomic E-state index is 13.3. The molecule has 2 aliphatic heterocycles. The lowest BCUT2D eigenvalue weighted by Gasteiger charge is -2.16. The van der Waals surface area contributed by atoms with Crippen molar-refractivity contribution in [1.82, 2.24) is 35.6 Å². The number of carbonyl (C=O) groups is 2. The number of rotatable bonds is 12. The Labute approximate surface area is 311 Å². The van der Waals surface area contributed by atoms with Crippen LogP contribution < -0.4 is 31.6 Å². The molecule has 11 nitrogen and oxygen atoms in total. The van der Waals surface area contributed by atoms with Crippen LogP contribution in [0.15, 0.2) is 71.7 Å². The van der Waals surface area contributed by atoms with Crippen LogP contribution in [0.3, 0.4) is 0 Å². The highest BCUT2D eigenvalue weighted by Crippen LogP contribution is 2.42. The molecule has 5 aromatic rings. The van der Waals surface area contributed by atoms with E-state index in [0.717, 1.165) is 46.2 Å². The number of carbonyl (C=O) groups excluding carboxylic acids is 2. The number of nitrogens with zero attached hydrogens (tertiary/aromatic N) is 3. The summed E-state index contributed by atoms with van der Waals surface area (Å²) in [6, 6.07) is 19.4. The minimum atomic E-state index is -0.139. The van der Waals surface area contributed by atoms with Gasteiger partial charge in [0.1, 0.15) is 5.65 Å². The summed E-state index contributed by atoms with van der Waals surface area (Å²) in [6.45, 7) is 3.99. The molecular formula is C39H39Cl2N7O4. The molecule has 0 unspecified atom stereocenters. The molecule has 0 spiro atoms. The van der Waals surface area contributed by atoms with Crippen molar-refractivity contribution < 1.29 is 14.3 Å². The van der Waals surface area contributed by atoms with Gasteiger partial charge in [-0.25, -0.2) is 9.97 Å². The van der Waals surface area contributed by atoms with Gasteiger partial charge in [-0.2, -0.15) is 0 Å².